The van der Waals surface area contributed by atoms with Crippen LogP contribution in [-0.2, 0) is 11.3 Å². The van der Waals surface area contributed by atoms with Gasteiger partial charge < -0.3 is 10.6 Å². The fraction of sp³-hybridized carbons (Fsp3) is 0.250. The van der Waals surface area contributed by atoms with E-state index in [2.05, 4.69) is 17.6 Å². The Kier molecular flexibility index (Phi) is 5.31. The van der Waals surface area contributed by atoms with Crippen molar-refractivity contribution in [2.75, 3.05) is 13.1 Å². The predicted octanol–water partition coefficient (Wildman–Crippen LogP) is 2.27. The summed E-state index contributed by atoms with van der Waals surface area (Å²) in [7, 11) is 0. The van der Waals surface area contributed by atoms with Gasteiger partial charge in [-0.3, -0.25) is 14.5 Å². The van der Waals surface area contributed by atoms with Crippen molar-refractivity contribution in [1.29, 1.82) is 0 Å². The van der Waals surface area contributed by atoms with Crippen molar-refractivity contribution in [3.63, 3.8) is 0 Å². The standard InChI is InChI=1S/C20H21N3O3/c1-14(16-7-3-2-4-8-16)11-21-19(25)17-9-5-6-15(10-17)13-23-18(24)12-22-20(23)26/h2-10,14H,11-13H2,1H3,(H,21,25)(H,22,26)/t14-/m1/s1. The average molecular weight is 351 g/mol. The molecule has 2 N–H and O–H groups in total. The van der Waals surface area contributed by atoms with Gasteiger partial charge in [-0.05, 0) is 29.2 Å². The van der Waals surface area contributed by atoms with Crippen LogP contribution in [-0.4, -0.2) is 35.8 Å². The Morgan fingerprint density at radius 3 is 2.62 bits per heavy atom. The largest absolute Gasteiger partial charge is 0.351 e. The third-order valence-corrected chi connectivity index (χ3v) is 4.40. The molecule has 1 atom stereocenters. The van der Waals surface area contributed by atoms with Crippen molar-refractivity contribution in [3.8, 4) is 0 Å². The van der Waals surface area contributed by atoms with E-state index in [4.69, 9.17) is 0 Å². The van der Waals surface area contributed by atoms with Gasteiger partial charge in [0.05, 0.1) is 13.1 Å². The lowest BCUT2D eigenvalue weighted by molar-refractivity contribution is -0.125. The second kappa shape index (κ2) is 7.82. The van der Waals surface area contributed by atoms with Gasteiger partial charge in [0.1, 0.15) is 0 Å². The number of amides is 4. The lowest BCUT2D eigenvalue weighted by Crippen LogP contribution is -2.30. The number of imide groups is 1. The number of rotatable bonds is 6. The minimum Gasteiger partial charge on any atom is -0.351 e. The summed E-state index contributed by atoms with van der Waals surface area (Å²) in [6.45, 7) is 2.77. The second-order valence-corrected chi connectivity index (χ2v) is 6.36. The van der Waals surface area contributed by atoms with Crippen molar-refractivity contribution >= 4 is 17.8 Å². The first-order valence-electron chi connectivity index (χ1n) is 8.55. The molecule has 4 amide bonds. The van der Waals surface area contributed by atoms with Gasteiger partial charge in [-0.2, -0.15) is 0 Å². The van der Waals surface area contributed by atoms with Crippen molar-refractivity contribution in [1.82, 2.24) is 15.5 Å². The molecule has 1 saturated heterocycles. The molecular formula is C20H21N3O3. The van der Waals surface area contributed by atoms with Crippen LogP contribution in [0.15, 0.2) is 54.6 Å². The van der Waals surface area contributed by atoms with Gasteiger partial charge in [0.25, 0.3) is 5.91 Å². The maximum Gasteiger partial charge on any atom is 0.324 e. The molecule has 26 heavy (non-hydrogen) atoms. The third-order valence-electron chi connectivity index (χ3n) is 4.40. The van der Waals surface area contributed by atoms with Crippen LogP contribution in [0, 0.1) is 0 Å². The quantitative estimate of drug-likeness (QED) is 0.784. The molecule has 1 heterocycles. The number of benzene rings is 2. The maximum absolute atomic E-state index is 12.4. The third kappa shape index (κ3) is 4.08. The van der Waals surface area contributed by atoms with Gasteiger partial charge >= 0.3 is 6.03 Å². The zero-order valence-electron chi connectivity index (χ0n) is 14.6. The molecule has 0 spiro atoms. The van der Waals surface area contributed by atoms with E-state index >= 15 is 0 Å². The fourth-order valence-electron chi connectivity index (χ4n) is 2.86. The van der Waals surface area contributed by atoms with Crippen LogP contribution < -0.4 is 10.6 Å². The van der Waals surface area contributed by atoms with Gasteiger partial charge in [0, 0.05) is 12.1 Å². The zero-order valence-corrected chi connectivity index (χ0v) is 14.6. The predicted molar refractivity (Wildman–Crippen MR) is 97.6 cm³/mol. The number of nitrogens with one attached hydrogen (secondary N) is 2. The molecule has 2 aromatic rings. The van der Waals surface area contributed by atoms with Crippen LogP contribution in [0.4, 0.5) is 4.79 Å². The summed E-state index contributed by atoms with van der Waals surface area (Å²) in [5.41, 5.74) is 2.41. The summed E-state index contributed by atoms with van der Waals surface area (Å²) in [4.78, 5) is 36.9. The van der Waals surface area contributed by atoms with Gasteiger partial charge in [-0.15, -0.1) is 0 Å². The molecule has 0 bridgehead atoms. The SMILES string of the molecule is C[C@H](CNC(=O)c1cccc(CN2C(=O)CNC2=O)c1)c1ccccc1. The van der Waals surface area contributed by atoms with E-state index in [0.29, 0.717) is 12.1 Å². The van der Waals surface area contributed by atoms with Gasteiger partial charge in [0.15, 0.2) is 0 Å². The molecule has 0 unspecified atom stereocenters. The highest BCUT2D eigenvalue weighted by atomic mass is 16.2. The number of hydrogen-bond acceptors (Lipinski definition) is 3. The number of carbonyl (C=O) groups is 3. The van der Waals surface area contributed by atoms with Crippen molar-refractivity contribution in [2.45, 2.75) is 19.4 Å². The highest BCUT2D eigenvalue weighted by molar-refractivity contribution is 6.02. The summed E-state index contributed by atoms with van der Waals surface area (Å²) in [5.74, 6) is -0.234. The minimum absolute atomic E-state index is 0.0242. The van der Waals surface area contributed by atoms with E-state index < -0.39 is 6.03 Å². The lowest BCUT2D eigenvalue weighted by atomic mass is 10.0. The summed E-state index contributed by atoms with van der Waals surface area (Å²) in [6.07, 6.45) is 0. The van der Waals surface area contributed by atoms with Crippen LogP contribution in [0.1, 0.15) is 34.3 Å². The molecule has 0 radical (unpaired) electrons. The summed E-state index contributed by atoms with van der Waals surface area (Å²) < 4.78 is 0. The van der Waals surface area contributed by atoms with Crippen LogP contribution in [0.5, 0.6) is 0 Å². The monoisotopic (exact) mass is 351 g/mol. The molecular weight excluding hydrogens is 330 g/mol. The van der Waals surface area contributed by atoms with Crippen LogP contribution in [0.3, 0.4) is 0 Å². The molecule has 6 nitrogen and oxygen atoms in total. The molecule has 0 saturated carbocycles. The fourth-order valence-corrected chi connectivity index (χ4v) is 2.86. The molecule has 134 valence electrons. The van der Waals surface area contributed by atoms with Crippen LogP contribution >= 0.6 is 0 Å². The van der Waals surface area contributed by atoms with Crippen LogP contribution in [0.2, 0.25) is 0 Å². The van der Waals surface area contributed by atoms with E-state index in [9.17, 15) is 14.4 Å². The molecule has 0 aliphatic carbocycles. The number of nitrogens with zero attached hydrogens (tertiary/aromatic N) is 1. The van der Waals surface area contributed by atoms with Crippen molar-refractivity contribution < 1.29 is 14.4 Å². The van der Waals surface area contributed by atoms with Gasteiger partial charge in [-0.1, -0.05) is 49.4 Å². The lowest BCUT2D eigenvalue weighted by Gasteiger charge is -2.15. The normalized spacial score (nSPS) is 14.9. The Morgan fingerprint density at radius 1 is 1.15 bits per heavy atom. The molecule has 3 rings (SSSR count). The van der Waals surface area contributed by atoms with Gasteiger partial charge in [0.2, 0.25) is 5.91 Å². The van der Waals surface area contributed by atoms with Gasteiger partial charge in [-0.25, -0.2) is 4.79 Å². The molecule has 1 fully saturated rings. The van der Waals surface area contributed by atoms with E-state index in [1.807, 2.05) is 30.3 Å². The number of urea groups is 1. The maximum atomic E-state index is 12.4. The first-order chi connectivity index (χ1) is 12.5. The smallest absolute Gasteiger partial charge is 0.324 e. The van der Waals surface area contributed by atoms with E-state index in [-0.39, 0.29) is 30.8 Å². The summed E-state index contributed by atoms with van der Waals surface area (Å²) >= 11 is 0. The molecule has 0 aromatic heterocycles. The summed E-state index contributed by atoms with van der Waals surface area (Å²) in [5, 5.41) is 5.42. The Balaban J connectivity index is 1.61. The Morgan fingerprint density at radius 2 is 1.92 bits per heavy atom. The molecule has 6 heteroatoms. The first kappa shape index (κ1) is 17.7. The minimum atomic E-state index is -0.401. The Labute approximate surface area is 152 Å². The number of hydrogen-bond donors (Lipinski definition) is 2. The van der Waals surface area contributed by atoms with Crippen LogP contribution in [0.25, 0.3) is 0 Å². The zero-order chi connectivity index (χ0) is 18.5. The Bertz CT molecular complexity index is 804. The van der Waals surface area contributed by atoms with Crippen molar-refractivity contribution in [3.05, 3.63) is 71.3 Å². The van der Waals surface area contributed by atoms with Crippen molar-refractivity contribution in [2.24, 2.45) is 0 Å². The summed E-state index contributed by atoms with van der Waals surface area (Å²) in [6, 6.07) is 16.6. The highest BCUT2D eigenvalue weighted by Gasteiger charge is 2.28. The molecule has 1 aliphatic rings. The second-order valence-electron chi connectivity index (χ2n) is 6.36. The first-order valence-corrected chi connectivity index (χ1v) is 8.55. The van der Waals surface area contributed by atoms with E-state index in [0.717, 1.165) is 10.5 Å². The molecule has 1 aliphatic heterocycles. The molecule has 2 aromatic carbocycles. The van der Waals surface area contributed by atoms with E-state index in [1.54, 1.807) is 24.3 Å². The highest BCUT2D eigenvalue weighted by Crippen LogP contribution is 2.14. The average Bonchev–Trinajstić information content (AvgIpc) is 2.98. The topological polar surface area (TPSA) is 78.5 Å². The van der Waals surface area contributed by atoms with E-state index in [1.165, 1.54) is 5.56 Å². The number of carbonyl (C=O) groups excluding carboxylic acids is 3. The Hall–Kier alpha value is -3.15.